The molecule has 0 aliphatic carbocycles. The molecule has 4 heteroatoms. The maximum Gasteiger partial charge on any atom is 0.227 e. The number of hydrogen-bond donors (Lipinski definition) is 0. The van der Waals surface area contributed by atoms with Gasteiger partial charge in [0.1, 0.15) is 5.52 Å². The van der Waals surface area contributed by atoms with Gasteiger partial charge in [-0.25, -0.2) is 4.98 Å². The Bertz CT molecular complexity index is 924. The largest absolute Gasteiger partial charge is 0.436 e. The Labute approximate surface area is 133 Å². The Balaban J connectivity index is 1.59. The van der Waals surface area contributed by atoms with E-state index < -0.39 is 0 Å². The van der Waals surface area contributed by atoms with Gasteiger partial charge in [-0.05, 0) is 48.5 Å². The quantitative estimate of drug-likeness (QED) is 0.518. The van der Waals surface area contributed by atoms with Crippen LogP contribution in [-0.2, 0) is 0 Å². The van der Waals surface area contributed by atoms with Crippen molar-refractivity contribution in [3.63, 3.8) is 0 Å². The van der Waals surface area contributed by atoms with E-state index in [1.54, 1.807) is 12.4 Å². The number of aliphatic imine (C=N–C) groups is 1. The molecule has 0 amide bonds. The lowest BCUT2D eigenvalue weighted by atomic mass is 10.2. The topological polar surface area (TPSA) is 51.3 Å². The molecule has 0 spiro atoms. The summed E-state index contributed by atoms with van der Waals surface area (Å²) in [5.41, 5.74) is 4.27. The molecule has 2 heterocycles. The van der Waals surface area contributed by atoms with Crippen LogP contribution in [0.5, 0.6) is 0 Å². The lowest BCUT2D eigenvalue weighted by molar-refractivity contribution is 0.620. The predicted molar refractivity (Wildman–Crippen MR) is 90.9 cm³/mol. The fraction of sp³-hybridized carbons (Fsp3) is 0. The highest BCUT2D eigenvalue weighted by molar-refractivity contribution is 5.80. The van der Waals surface area contributed by atoms with Crippen molar-refractivity contribution >= 4 is 23.0 Å². The zero-order valence-electron chi connectivity index (χ0n) is 12.3. The Kier molecular flexibility index (Phi) is 3.41. The van der Waals surface area contributed by atoms with Crippen LogP contribution < -0.4 is 0 Å². The van der Waals surface area contributed by atoms with E-state index in [4.69, 9.17) is 4.42 Å². The average Bonchev–Trinajstić information content (AvgIpc) is 3.05. The third kappa shape index (κ3) is 2.87. The number of oxazole rings is 1. The van der Waals surface area contributed by atoms with Crippen molar-refractivity contribution in [2.45, 2.75) is 0 Å². The van der Waals surface area contributed by atoms with Gasteiger partial charge in [0.25, 0.3) is 0 Å². The summed E-state index contributed by atoms with van der Waals surface area (Å²) < 4.78 is 5.76. The Morgan fingerprint density at radius 1 is 0.870 bits per heavy atom. The number of benzene rings is 2. The first-order valence-corrected chi connectivity index (χ1v) is 7.30. The smallest absolute Gasteiger partial charge is 0.227 e. The molecule has 0 saturated heterocycles. The first kappa shape index (κ1) is 13.4. The highest BCUT2D eigenvalue weighted by Crippen LogP contribution is 2.25. The zero-order chi connectivity index (χ0) is 15.5. The fourth-order valence-corrected chi connectivity index (χ4v) is 2.28. The van der Waals surface area contributed by atoms with Crippen LogP contribution >= 0.6 is 0 Å². The van der Waals surface area contributed by atoms with Gasteiger partial charge in [-0.3, -0.25) is 9.98 Å². The molecule has 0 atom stereocenters. The van der Waals surface area contributed by atoms with Gasteiger partial charge in [0.05, 0.1) is 17.6 Å². The van der Waals surface area contributed by atoms with Crippen molar-refractivity contribution in [1.29, 1.82) is 0 Å². The molecule has 110 valence electrons. The van der Waals surface area contributed by atoms with Crippen LogP contribution in [0.15, 0.2) is 82.3 Å². The van der Waals surface area contributed by atoms with Crippen LogP contribution in [0.1, 0.15) is 5.69 Å². The molecule has 0 unspecified atom stereocenters. The maximum atomic E-state index is 5.76. The van der Waals surface area contributed by atoms with E-state index >= 15 is 0 Å². The summed E-state index contributed by atoms with van der Waals surface area (Å²) in [7, 11) is 0. The number of pyridine rings is 1. The van der Waals surface area contributed by atoms with E-state index in [1.165, 1.54) is 0 Å². The third-order valence-electron chi connectivity index (χ3n) is 3.44. The molecule has 4 rings (SSSR count). The Morgan fingerprint density at radius 2 is 1.70 bits per heavy atom. The van der Waals surface area contributed by atoms with E-state index in [1.807, 2.05) is 66.7 Å². The average molecular weight is 299 g/mol. The lowest BCUT2D eigenvalue weighted by Gasteiger charge is -1.97. The molecule has 23 heavy (non-hydrogen) atoms. The molecule has 4 nitrogen and oxygen atoms in total. The van der Waals surface area contributed by atoms with Gasteiger partial charge < -0.3 is 4.42 Å². The van der Waals surface area contributed by atoms with E-state index in [0.29, 0.717) is 5.89 Å². The second-order valence-electron chi connectivity index (χ2n) is 5.05. The van der Waals surface area contributed by atoms with Crippen molar-refractivity contribution < 1.29 is 4.42 Å². The molecule has 0 fully saturated rings. The van der Waals surface area contributed by atoms with E-state index in [-0.39, 0.29) is 0 Å². The summed E-state index contributed by atoms with van der Waals surface area (Å²) in [6.07, 6.45) is 3.49. The SMILES string of the molecule is C(=Nc1ccc(-c2nc3ccccc3o2)cc1)c1ccccn1. The van der Waals surface area contributed by atoms with E-state index in [9.17, 15) is 0 Å². The Morgan fingerprint density at radius 3 is 2.48 bits per heavy atom. The van der Waals surface area contributed by atoms with Crippen LogP contribution in [-0.4, -0.2) is 16.2 Å². The summed E-state index contributed by atoms with van der Waals surface area (Å²) in [6.45, 7) is 0. The standard InChI is InChI=1S/C19H13N3O/c1-2-7-18-17(6-1)22-19(23-18)14-8-10-15(11-9-14)21-13-16-5-3-4-12-20-16/h1-13H. The second kappa shape index (κ2) is 5.85. The van der Waals surface area contributed by atoms with Crippen molar-refractivity contribution in [3.05, 3.63) is 78.6 Å². The number of aromatic nitrogens is 2. The van der Waals surface area contributed by atoms with Gasteiger partial charge >= 0.3 is 0 Å². The van der Waals surface area contributed by atoms with Crippen LogP contribution in [0.2, 0.25) is 0 Å². The molecule has 2 aromatic carbocycles. The molecular weight excluding hydrogens is 286 g/mol. The first-order chi connectivity index (χ1) is 11.4. The van der Waals surface area contributed by atoms with Gasteiger partial charge in [-0.1, -0.05) is 18.2 Å². The minimum absolute atomic E-state index is 0.617. The molecule has 0 N–H and O–H groups in total. The van der Waals surface area contributed by atoms with Gasteiger partial charge in [0.15, 0.2) is 5.58 Å². The van der Waals surface area contributed by atoms with E-state index in [0.717, 1.165) is 28.0 Å². The van der Waals surface area contributed by atoms with Crippen molar-refractivity contribution in [2.24, 2.45) is 4.99 Å². The highest BCUT2D eigenvalue weighted by Gasteiger charge is 2.07. The molecule has 0 aliphatic heterocycles. The minimum atomic E-state index is 0.617. The van der Waals surface area contributed by atoms with Crippen LogP contribution in [0.25, 0.3) is 22.6 Å². The van der Waals surface area contributed by atoms with Gasteiger partial charge in [-0.2, -0.15) is 0 Å². The van der Waals surface area contributed by atoms with Crippen molar-refractivity contribution in [2.75, 3.05) is 0 Å². The van der Waals surface area contributed by atoms with E-state index in [2.05, 4.69) is 15.0 Å². The van der Waals surface area contributed by atoms with Crippen LogP contribution in [0.3, 0.4) is 0 Å². The van der Waals surface area contributed by atoms with Crippen LogP contribution in [0, 0.1) is 0 Å². The van der Waals surface area contributed by atoms with Gasteiger partial charge in [0, 0.05) is 11.8 Å². The number of fused-ring (bicyclic) bond motifs is 1. The molecule has 0 bridgehead atoms. The Hall–Kier alpha value is -3.27. The normalized spacial score (nSPS) is 11.3. The van der Waals surface area contributed by atoms with Crippen LogP contribution in [0.4, 0.5) is 5.69 Å². The molecule has 4 aromatic rings. The molecule has 0 saturated carbocycles. The second-order valence-corrected chi connectivity index (χ2v) is 5.05. The third-order valence-corrected chi connectivity index (χ3v) is 3.44. The molecule has 2 aromatic heterocycles. The summed E-state index contributed by atoms with van der Waals surface area (Å²) in [5.74, 6) is 0.617. The van der Waals surface area contributed by atoms with Gasteiger partial charge in [-0.15, -0.1) is 0 Å². The highest BCUT2D eigenvalue weighted by atomic mass is 16.3. The minimum Gasteiger partial charge on any atom is -0.436 e. The molecule has 0 aliphatic rings. The molecular formula is C19H13N3O. The van der Waals surface area contributed by atoms with Gasteiger partial charge in [0.2, 0.25) is 5.89 Å². The maximum absolute atomic E-state index is 5.76. The summed E-state index contributed by atoms with van der Waals surface area (Å²) in [5, 5.41) is 0. The van der Waals surface area contributed by atoms with Crippen molar-refractivity contribution in [3.8, 4) is 11.5 Å². The molecule has 0 radical (unpaired) electrons. The summed E-state index contributed by atoms with van der Waals surface area (Å²) in [6, 6.07) is 21.2. The summed E-state index contributed by atoms with van der Waals surface area (Å²) >= 11 is 0. The number of rotatable bonds is 3. The lowest BCUT2D eigenvalue weighted by Crippen LogP contribution is -1.84. The number of hydrogen-bond acceptors (Lipinski definition) is 4. The van der Waals surface area contributed by atoms with Crippen molar-refractivity contribution in [1.82, 2.24) is 9.97 Å². The number of para-hydroxylation sites is 2. The predicted octanol–water partition coefficient (Wildman–Crippen LogP) is 4.64. The summed E-state index contributed by atoms with van der Waals surface area (Å²) in [4.78, 5) is 13.1. The first-order valence-electron chi connectivity index (χ1n) is 7.30. The zero-order valence-corrected chi connectivity index (χ0v) is 12.3. The fourth-order valence-electron chi connectivity index (χ4n) is 2.28. The monoisotopic (exact) mass is 299 g/mol. The number of nitrogens with zero attached hydrogens (tertiary/aromatic N) is 3.